The Morgan fingerprint density at radius 1 is 0.958 bits per heavy atom. The van der Waals surface area contributed by atoms with Crippen LogP contribution in [-0.4, -0.2) is 17.7 Å². The van der Waals surface area contributed by atoms with Crippen LogP contribution in [0.3, 0.4) is 0 Å². The number of primary amides is 1. The number of hydrogen-bond donors (Lipinski definition) is 3. The maximum absolute atomic E-state index is 12.0. The molecule has 0 radical (unpaired) electrons. The molecule has 0 atom stereocenters. The zero-order valence-electron chi connectivity index (χ0n) is 13.1. The molecule has 2 aromatic rings. The molecule has 3 amide bonds. The van der Waals surface area contributed by atoms with Crippen molar-refractivity contribution < 1.29 is 14.4 Å². The van der Waals surface area contributed by atoms with Crippen molar-refractivity contribution in [3.63, 3.8) is 0 Å². The number of benzene rings is 2. The summed E-state index contributed by atoms with van der Waals surface area (Å²) in [5.41, 5.74) is 7.91. The zero-order valence-corrected chi connectivity index (χ0v) is 13.9. The molecule has 0 aliphatic heterocycles. The number of nitrogens with two attached hydrogens (primary N) is 1. The van der Waals surface area contributed by atoms with E-state index in [4.69, 9.17) is 17.3 Å². The smallest absolute Gasteiger partial charge is 0.314 e. The van der Waals surface area contributed by atoms with Gasteiger partial charge in [-0.1, -0.05) is 17.7 Å². The van der Waals surface area contributed by atoms with Gasteiger partial charge in [0.1, 0.15) is 0 Å². The minimum atomic E-state index is -0.849. The van der Waals surface area contributed by atoms with Crippen molar-refractivity contribution in [2.24, 2.45) is 5.73 Å². The van der Waals surface area contributed by atoms with E-state index in [2.05, 4.69) is 10.6 Å². The average molecular weight is 346 g/mol. The summed E-state index contributed by atoms with van der Waals surface area (Å²) >= 11 is 6.10. The number of carbonyl (C=O) groups is 3. The number of nitrogens with one attached hydrogen (secondary N) is 2. The molecule has 0 saturated carbocycles. The van der Waals surface area contributed by atoms with Gasteiger partial charge < -0.3 is 16.4 Å². The van der Waals surface area contributed by atoms with Crippen molar-refractivity contribution in [3.05, 3.63) is 58.1 Å². The molecule has 2 rings (SSSR count). The first kappa shape index (κ1) is 17.5. The molecule has 6 nitrogen and oxygen atoms in total. The topological polar surface area (TPSA) is 101 Å². The fourth-order valence-corrected chi connectivity index (χ4v) is 2.52. The number of aryl methyl sites for hydroxylation is 2. The molecule has 0 saturated heterocycles. The van der Waals surface area contributed by atoms with Crippen molar-refractivity contribution in [1.29, 1.82) is 0 Å². The minimum Gasteiger partial charge on any atom is -0.366 e. The summed E-state index contributed by atoms with van der Waals surface area (Å²) in [5, 5.41) is 5.29. The number of rotatable bonds is 3. The Balaban J connectivity index is 2.07. The molecule has 0 aliphatic rings. The van der Waals surface area contributed by atoms with E-state index >= 15 is 0 Å². The molecule has 124 valence electrons. The number of anilines is 2. The van der Waals surface area contributed by atoms with Gasteiger partial charge in [0.2, 0.25) is 5.91 Å². The van der Waals surface area contributed by atoms with Gasteiger partial charge in [-0.05, 0) is 55.3 Å². The summed E-state index contributed by atoms with van der Waals surface area (Å²) in [6, 6.07) is 9.42. The van der Waals surface area contributed by atoms with Gasteiger partial charge in [0.25, 0.3) is 0 Å². The van der Waals surface area contributed by atoms with Crippen LogP contribution < -0.4 is 16.4 Å². The van der Waals surface area contributed by atoms with Crippen LogP contribution in [0, 0.1) is 13.8 Å². The maximum Gasteiger partial charge on any atom is 0.314 e. The number of carbonyl (C=O) groups excluding carboxylic acids is 3. The largest absolute Gasteiger partial charge is 0.366 e. The predicted molar refractivity (Wildman–Crippen MR) is 93.1 cm³/mol. The Hall–Kier alpha value is -2.86. The zero-order chi connectivity index (χ0) is 17.9. The lowest BCUT2D eigenvalue weighted by Gasteiger charge is -2.11. The molecule has 7 heteroatoms. The van der Waals surface area contributed by atoms with Crippen LogP contribution in [0.15, 0.2) is 36.4 Å². The van der Waals surface area contributed by atoms with Crippen LogP contribution in [0.2, 0.25) is 5.02 Å². The standard InChI is InChI=1S/C17H16ClN3O3/c1-9-7-10(2)14(13(18)8-9)21-17(24)16(23)20-12-5-3-11(4-6-12)15(19)22/h3-8H,1-2H3,(H2,19,22)(H,20,23)(H,21,24). The molecular weight excluding hydrogens is 330 g/mol. The van der Waals surface area contributed by atoms with E-state index in [-0.39, 0.29) is 0 Å². The highest BCUT2D eigenvalue weighted by Crippen LogP contribution is 2.27. The molecule has 0 unspecified atom stereocenters. The summed E-state index contributed by atoms with van der Waals surface area (Å²) in [7, 11) is 0. The van der Waals surface area contributed by atoms with Crippen LogP contribution in [0.25, 0.3) is 0 Å². The van der Waals surface area contributed by atoms with Crippen LogP contribution in [-0.2, 0) is 9.59 Å². The van der Waals surface area contributed by atoms with Crippen LogP contribution >= 0.6 is 11.6 Å². The van der Waals surface area contributed by atoms with E-state index in [0.29, 0.717) is 22.0 Å². The Morgan fingerprint density at radius 2 is 1.54 bits per heavy atom. The SMILES string of the molecule is Cc1cc(C)c(NC(=O)C(=O)Nc2ccc(C(N)=O)cc2)c(Cl)c1. The number of hydrogen-bond acceptors (Lipinski definition) is 3. The van der Waals surface area contributed by atoms with Crippen molar-refractivity contribution in [2.45, 2.75) is 13.8 Å². The molecule has 0 bridgehead atoms. The molecule has 24 heavy (non-hydrogen) atoms. The lowest BCUT2D eigenvalue weighted by atomic mass is 10.1. The molecule has 0 spiro atoms. The Kier molecular flexibility index (Phi) is 5.21. The average Bonchev–Trinajstić information content (AvgIpc) is 2.51. The van der Waals surface area contributed by atoms with E-state index < -0.39 is 17.7 Å². The van der Waals surface area contributed by atoms with Crippen molar-refractivity contribution in [1.82, 2.24) is 0 Å². The van der Waals surface area contributed by atoms with Gasteiger partial charge in [0, 0.05) is 11.3 Å². The van der Waals surface area contributed by atoms with E-state index in [1.807, 2.05) is 13.0 Å². The van der Waals surface area contributed by atoms with E-state index in [0.717, 1.165) is 11.1 Å². The van der Waals surface area contributed by atoms with Gasteiger partial charge in [-0.25, -0.2) is 0 Å². The summed E-state index contributed by atoms with van der Waals surface area (Å²) < 4.78 is 0. The molecular formula is C17H16ClN3O3. The quantitative estimate of drug-likeness (QED) is 0.745. The molecule has 4 N–H and O–H groups in total. The van der Waals surface area contributed by atoms with Gasteiger partial charge in [0.15, 0.2) is 0 Å². The van der Waals surface area contributed by atoms with Crippen molar-refractivity contribution in [2.75, 3.05) is 10.6 Å². The summed E-state index contributed by atoms with van der Waals surface area (Å²) in [6.07, 6.45) is 0. The molecule has 0 aromatic heterocycles. The van der Waals surface area contributed by atoms with Crippen LogP contribution in [0.4, 0.5) is 11.4 Å². The third-order valence-electron chi connectivity index (χ3n) is 3.30. The van der Waals surface area contributed by atoms with E-state index in [1.54, 1.807) is 13.0 Å². The molecule has 0 heterocycles. The van der Waals surface area contributed by atoms with E-state index in [9.17, 15) is 14.4 Å². The lowest BCUT2D eigenvalue weighted by molar-refractivity contribution is -0.133. The molecule has 0 aliphatic carbocycles. The minimum absolute atomic E-state index is 0.305. The second kappa shape index (κ2) is 7.14. The fraction of sp³-hybridized carbons (Fsp3) is 0.118. The van der Waals surface area contributed by atoms with Crippen molar-refractivity contribution in [3.8, 4) is 0 Å². The second-order valence-corrected chi connectivity index (χ2v) is 5.70. The summed E-state index contributed by atoms with van der Waals surface area (Å²) in [6.45, 7) is 3.67. The first-order valence-electron chi connectivity index (χ1n) is 7.07. The highest BCUT2D eigenvalue weighted by Gasteiger charge is 2.17. The van der Waals surface area contributed by atoms with Gasteiger partial charge in [0.05, 0.1) is 10.7 Å². The highest BCUT2D eigenvalue weighted by atomic mass is 35.5. The number of amides is 3. The third-order valence-corrected chi connectivity index (χ3v) is 3.60. The Bertz CT molecular complexity index is 793. The second-order valence-electron chi connectivity index (χ2n) is 5.29. The normalized spacial score (nSPS) is 10.1. The van der Waals surface area contributed by atoms with Gasteiger partial charge >= 0.3 is 11.8 Å². The molecule has 0 fully saturated rings. The Labute approximate surface area is 144 Å². The summed E-state index contributed by atoms with van der Waals surface area (Å²) in [4.78, 5) is 35.0. The van der Waals surface area contributed by atoms with E-state index in [1.165, 1.54) is 24.3 Å². The summed E-state index contributed by atoms with van der Waals surface area (Å²) in [5.74, 6) is -2.27. The fourth-order valence-electron chi connectivity index (χ4n) is 2.15. The predicted octanol–water partition coefficient (Wildman–Crippen LogP) is 2.63. The first-order valence-corrected chi connectivity index (χ1v) is 7.44. The van der Waals surface area contributed by atoms with Gasteiger partial charge in [-0.2, -0.15) is 0 Å². The molecule has 2 aromatic carbocycles. The maximum atomic E-state index is 12.0. The third kappa shape index (κ3) is 4.11. The van der Waals surface area contributed by atoms with Crippen LogP contribution in [0.1, 0.15) is 21.5 Å². The Morgan fingerprint density at radius 3 is 2.08 bits per heavy atom. The first-order chi connectivity index (χ1) is 11.3. The highest BCUT2D eigenvalue weighted by molar-refractivity contribution is 6.45. The lowest BCUT2D eigenvalue weighted by Crippen LogP contribution is -2.29. The van der Waals surface area contributed by atoms with Gasteiger partial charge in [-0.15, -0.1) is 0 Å². The van der Waals surface area contributed by atoms with Gasteiger partial charge in [-0.3, -0.25) is 14.4 Å². The van der Waals surface area contributed by atoms with Crippen LogP contribution in [0.5, 0.6) is 0 Å². The number of halogens is 1. The van der Waals surface area contributed by atoms with Crippen molar-refractivity contribution >= 4 is 40.7 Å². The monoisotopic (exact) mass is 345 g/mol.